The van der Waals surface area contributed by atoms with Gasteiger partial charge in [-0.2, -0.15) is 10.1 Å². The molecule has 0 bridgehead atoms. The van der Waals surface area contributed by atoms with Crippen LogP contribution in [-0.4, -0.2) is 53.3 Å². The summed E-state index contributed by atoms with van der Waals surface area (Å²) >= 11 is 5.94. The highest BCUT2D eigenvalue weighted by molar-refractivity contribution is 6.30. The molecule has 1 aromatic carbocycles. The van der Waals surface area contributed by atoms with Gasteiger partial charge in [-0.15, -0.1) is 0 Å². The third kappa shape index (κ3) is 5.14. The monoisotopic (exact) mass is 554 g/mol. The van der Waals surface area contributed by atoms with Gasteiger partial charge >= 0.3 is 0 Å². The zero-order valence-electron chi connectivity index (χ0n) is 21.2. The van der Waals surface area contributed by atoms with E-state index in [2.05, 4.69) is 15.1 Å². The van der Waals surface area contributed by atoms with Crippen LogP contribution in [0.4, 0.5) is 8.78 Å². The topological polar surface area (TPSA) is 106 Å². The summed E-state index contributed by atoms with van der Waals surface area (Å²) in [5, 5.41) is 16.3. The van der Waals surface area contributed by atoms with Crippen LogP contribution in [0.3, 0.4) is 0 Å². The van der Waals surface area contributed by atoms with Crippen molar-refractivity contribution in [3.8, 4) is 17.4 Å². The fraction of sp³-hybridized carbons (Fsp3) is 0.296. The van der Waals surface area contributed by atoms with Crippen LogP contribution in [0, 0.1) is 11.6 Å². The van der Waals surface area contributed by atoms with Gasteiger partial charge in [0.25, 0.3) is 11.5 Å². The summed E-state index contributed by atoms with van der Waals surface area (Å²) in [6.45, 7) is 2.36. The molecule has 0 saturated carbocycles. The highest BCUT2D eigenvalue weighted by Gasteiger charge is 2.34. The summed E-state index contributed by atoms with van der Waals surface area (Å²) in [6, 6.07) is 7.26. The fourth-order valence-electron chi connectivity index (χ4n) is 5.03. The number of carbonyl (C=O) groups is 1. The van der Waals surface area contributed by atoms with Crippen LogP contribution < -0.4 is 5.56 Å². The first-order valence-electron chi connectivity index (χ1n) is 12.4. The molecular formula is C27H25ClF2N6O3. The number of amides is 1. The summed E-state index contributed by atoms with van der Waals surface area (Å²) in [4.78, 5) is 36.8. The quantitative estimate of drug-likeness (QED) is 0.381. The van der Waals surface area contributed by atoms with Crippen LogP contribution >= 0.6 is 11.6 Å². The summed E-state index contributed by atoms with van der Waals surface area (Å²) in [6.07, 6.45) is 4.02. The highest BCUT2D eigenvalue weighted by Crippen LogP contribution is 2.34. The molecule has 2 unspecified atom stereocenters. The lowest BCUT2D eigenvalue weighted by Crippen LogP contribution is -2.35. The van der Waals surface area contributed by atoms with E-state index in [1.807, 2.05) is 0 Å². The van der Waals surface area contributed by atoms with E-state index in [0.717, 1.165) is 23.9 Å². The van der Waals surface area contributed by atoms with Crippen molar-refractivity contribution in [2.24, 2.45) is 7.05 Å². The number of pyridine rings is 1. The van der Waals surface area contributed by atoms with Gasteiger partial charge in [-0.05, 0) is 48.7 Å². The number of aromatic nitrogens is 5. The summed E-state index contributed by atoms with van der Waals surface area (Å²) in [5.41, 5.74) is -0.243. The van der Waals surface area contributed by atoms with E-state index in [1.54, 1.807) is 38.4 Å². The Balaban J connectivity index is 1.60. The second kappa shape index (κ2) is 10.6. The van der Waals surface area contributed by atoms with Gasteiger partial charge in [0.05, 0.1) is 11.1 Å². The SMILES string of the molecule is CCC(c1cc(F)cc(F)c1)n1c(-c2ccn(C)n2)nc(=O)c(C(=O)N2CCC(c3ccc(Cl)cn3)C2)c1O. The predicted molar refractivity (Wildman–Crippen MR) is 140 cm³/mol. The average molecular weight is 555 g/mol. The number of rotatable bonds is 6. The molecule has 2 atom stereocenters. The second-order valence-corrected chi connectivity index (χ2v) is 9.89. The van der Waals surface area contributed by atoms with Crippen molar-refractivity contribution in [3.05, 3.63) is 92.6 Å². The maximum absolute atomic E-state index is 14.2. The molecule has 0 aliphatic carbocycles. The standard InChI is InChI=1S/C27H25ClF2N6O3/c1-3-22(16-10-18(29)12-19(30)11-16)36-24(21-7-8-34(2)33-21)32-25(37)23(27(36)39)26(38)35-9-6-15(14-35)20-5-4-17(28)13-31-20/h4-5,7-8,10-13,15,22,39H,3,6,9,14H2,1-2H3. The third-order valence-corrected chi connectivity index (χ3v) is 7.09. The van der Waals surface area contributed by atoms with Crippen molar-refractivity contribution in [2.45, 2.75) is 31.7 Å². The molecule has 5 rings (SSSR count). The number of hydrogen-bond acceptors (Lipinski definition) is 6. The Morgan fingerprint density at radius 2 is 1.95 bits per heavy atom. The molecule has 1 saturated heterocycles. The van der Waals surface area contributed by atoms with Crippen molar-refractivity contribution in [1.29, 1.82) is 0 Å². The van der Waals surface area contributed by atoms with Crippen molar-refractivity contribution in [3.63, 3.8) is 0 Å². The number of nitrogens with zero attached hydrogens (tertiary/aromatic N) is 6. The summed E-state index contributed by atoms with van der Waals surface area (Å²) in [7, 11) is 1.67. The van der Waals surface area contributed by atoms with Gasteiger partial charge < -0.3 is 10.0 Å². The zero-order chi connectivity index (χ0) is 27.8. The van der Waals surface area contributed by atoms with Gasteiger partial charge in [0.1, 0.15) is 17.3 Å². The minimum Gasteiger partial charge on any atom is -0.494 e. The molecule has 1 amide bonds. The lowest BCUT2D eigenvalue weighted by Gasteiger charge is -2.25. The maximum Gasteiger partial charge on any atom is 0.290 e. The number of aromatic hydroxyl groups is 1. The maximum atomic E-state index is 14.2. The smallest absolute Gasteiger partial charge is 0.290 e. The van der Waals surface area contributed by atoms with Crippen LogP contribution in [0.15, 0.2) is 53.6 Å². The predicted octanol–water partition coefficient (Wildman–Crippen LogP) is 4.31. The van der Waals surface area contributed by atoms with E-state index < -0.39 is 40.6 Å². The van der Waals surface area contributed by atoms with Crippen molar-refractivity contribution >= 4 is 17.5 Å². The lowest BCUT2D eigenvalue weighted by atomic mass is 10.0. The van der Waals surface area contributed by atoms with E-state index in [0.29, 0.717) is 18.0 Å². The number of benzene rings is 1. The van der Waals surface area contributed by atoms with E-state index in [4.69, 9.17) is 11.6 Å². The first-order valence-corrected chi connectivity index (χ1v) is 12.8. The Morgan fingerprint density at radius 3 is 2.56 bits per heavy atom. The van der Waals surface area contributed by atoms with Crippen molar-refractivity contribution in [2.75, 3.05) is 13.1 Å². The first-order chi connectivity index (χ1) is 18.7. The van der Waals surface area contributed by atoms with Crippen LogP contribution in [0.2, 0.25) is 5.02 Å². The van der Waals surface area contributed by atoms with Crippen LogP contribution in [0.25, 0.3) is 11.5 Å². The highest BCUT2D eigenvalue weighted by atomic mass is 35.5. The lowest BCUT2D eigenvalue weighted by molar-refractivity contribution is 0.0783. The molecule has 3 aromatic heterocycles. The molecule has 1 aliphatic heterocycles. The van der Waals surface area contributed by atoms with E-state index in [1.165, 1.54) is 20.3 Å². The Hall–Kier alpha value is -4.12. The zero-order valence-corrected chi connectivity index (χ0v) is 21.9. The fourth-order valence-corrected chi connectivity index (χ4v) is 5.14. The molecule has 1 N–H and O–H groups in total. The third-order valence-electron chi connectivity index (χ3n) is 6.87. The van der Waals surface area contributed by atoms with E-state index in [-0.39, 0.29) is 36.0 Å². The molecule has 1 aliphatic rings. The number of carbonyl (C=O) groups excluding carboxylic acids is 1. The van der Waals surface area contributed by atoms with Crippen molar-refractivity contribution < 1.29 is 18.7 Å². The first kappa shape index (κ1) is 26.5. The number of likely N-dealkylation sites (tertiary alicyclic amines) is 1. The molecule has 0 radical (unpaired) electrons. The van der Waals surface area contributed by atoms with Crippen LogP contribution in [0.1, 0.15) is 53.3 Å². The molecule has 202 valence electrons. The Kier molecular flexibility index (Phi) is 7.17. The van der Waals surface area contributed by atoms with Crippen LogP contribution in [0.5, 0.6) is 5.88 Å². The van der Waals surface area contributed by atoms with Crippen molar-refractivity contribution in [1.82, 2.24) is 29.2 Å². The molecule has 39 heavy (non-hydrogen) atoms. The molecule has 4 aromatic rings. The van der Waals surface area contributed by atoms with Gasteiger partial charge in [-0.3, -0.25) is 23.8 Å². The van der Waals surface area contributed by atoms with Gasteiger partial charge in [-0.1, -0.05) is 18.5 Å². The molecular weight excluding hydrogens is 530 g/mol. The Bertz CT molecular complexity index is 1580. The van der Waals surface area contributed by atoms with Gasteiger partial charge in [-0.25, -0.2) is 8.78 Å². The summed E-state index contributed by atoms with van der Waals surface area (Å²) in [5.74, 6) is -3.04. The normalized spacial score (nSPS) is 16.0. The molecule has 12 heteroatoms. The molecule has 4 heterocycles. The second-order valence-electron chi connectivity index (χ2n) is 9.45. The largest absolute Gasteiger partial charge is 0.494 e. The summed E-state index contributed by atoms with van der Waals surface area (Å²) < 4.78 is 31.1. The van der Waals surface area contributed by atoms with Crippen LogP contribution in [-0.2, 0) is 7.05 Å². The van der Waals surface area contributed by atoms with Gasteiger partial charge in [0, 0.05) is 50.2 Å². The molecule has 0 spiro atoms. The molecule has 9 nitrogen and oxygen atoms in total. The van der Waals surface area contributed by atoms with E-state index >= 15 is 0 Å². The minimum absolute atomic E-state index is 0.0316. The minimum atomic E-state index is -0.928. The number of aryl methyl sites for hydroxylation is 1. The number of halogens is 3. The Morgan fingerprint density at radius 1 is 1.21 bits per heavy atom. The van der Waals surface area contributed by atoms with Gasteiger partial charge in [0.2, 0.25) is 5.88 Å². The molecule has 1 fully saturated rings. The van der Waals surface area contributed by atoms with E-state index in [9.17, 15) is 23.5 Å². The average Bonchev–Trinajstić information content (AvgIpc) is 3.55. The number of hydrogen-bond donors (Lipinski definition) is 1. The van der Waals surface area contributed by atoms with Gasteiger partial charge in [0.15, 0.2) is 11.4 Å². The Labute approximate surface area is 227 Å².